The fourth-order valence-electron chi connectivity index (χ4n) is 1.22. The Morgan fingerprint density at radius 2 is 2.38 bits per heavy atom. The molecule has 0 aromatic carbocycles. The van der Waals surface area contributed by atoms with E-state index in [2.05, 4.69) is 21.2 Å². The molecule has 2 heterocycles. The van der Waals surface area contributed by atoms with E-state index in [1.165, 1.54) is 0 Å². The van der Waals surface area contributed by atoms with E-state index in [1.54, 1.807) is 11.2 Å². The Morgan fingerprint density at radius 1 is 1.56 bits per heavy atom. The van der Waals surface area contributed by atoms with Gasteiger partial charge in [-0.25, -0.2) is 5.53 Å². The van der Waals surface area contributed by atoms with Gasteiger partial charge in [-0.1, -0.05) is 0 Å². The highest BCUT2D eigenvalue weighted by Gasteiger charge is 2.19. The van der Waals surface area contributed by atoms with E-state index in [0.717, 1.165) is 6.54 Å². The third kappa shape index (κ3) is 2.25. The Kier molecular flexibility index (Phi) is 2.95. The molecule has 0 unspecified atom stereocenters. The first-order chi connectivity index (χ1) is 7.69. The molecule has 7 nitrogen and oxygen atoms in total. The molecule has 1 aromatic heterocycles. The van der Waals surface area contributed by atoms with Gasteiger partial charge in [-0.3, -0.25) is 5.43 Å². The maximum atomic E-state index is 5.39. The maximum Gasteiger partial charge on any atom is 0.255 e. The minimum absolute atomic E-state index is 0.0710. The second-order valence-electron chi connectivity index (χ2n) is 3.61. The summed E-state index contributed by atoms with van der Waals surface area (Å²) in [5.74, 6) is 1.59. The second kappa shape index (κ2) is 4.40. The van der Waals surface area contributed by atoms with Gasteiger partial charge in [0.2, 0.25) is 11.6 Å². The standard InChI is InChI=1S/C9H15N5O2/c1-4-14-11-9(10-13-14)7-5-8(12-16-7)15-6(2)3/h5-6,13H,4H2,1-3H3,(H,10,11). The van der Waals surface area contributed by atoms with Crippen LogP contribution in [-0.4, -0.2) is 28.8 Å². The van der Waals surface area contributed by atoms with Crippen LogP contribution in [0.2, 0.25) is 0 Å². The predicted octanol–water partition coefficient (Wildman–Crippen LogP) is 0.468. The van der Waals surface area contributed by atoms with Crippen molar-refractivity contribution in [1.82, 2.24) is 21.2 Å². The van der Waals surface area contributed by atoms with Crippen molar-refractivity contribution < 1.29 is 9.26 Å². The summed E-state index contributed by atoms with van der Waals surface area (Å²) >= 11 is 0. The second-order valence-corrected chi connectivity index (χ2v) is 3.61. The summed E-state index contributed by atoms with van der Waals surface area (Å²) < 4.78 is 10.5. The molecule has 0 bridgehead atoms. The summed E-state index contributed by atoms with van der Waals surface area (Å²) in [6, 6.07) is 1.70. The molecule has 0 atom stereocenters. The highest BCUT2D eigenvalue weighted by molar-refractivity contribution is 5.96. The molecule has 0 amide bonds. The van der Waals surface area contributed by atoms with Crippen LogP contribution in [0.25, 0.3) is 0 Å². The highest BCUT2D eigenvalue weighted by atomic mass is 16.5. The normalized spacial score (nSPS) is 15.9. The van der Waals surface area contributed by atoms with Gasteiger partial charge in [-0.2, -0.15) is 0 Å². The van der Waals surface area contributed by atoms with E-state index in [4.69, 9.17) is 9.26 Å². The van der Waals surface area contributed by atoms with Gasteiger partial charge >= 0.3 is 0 Å². The Bertz CT molecular complexity index is 387. The average molecular weight is 225 g/mol. The summed E-state index contributed by atoms with van der Waals surface area (Å²) in [4.78, 5) is 0. The summed E-state index contributed by atoms with van der Waals surface area (Å²) in [7, 11) is 0. The van der Waals surface area contributed by atoms with Crippen molar-refractivity contribution in [2.24, 2.45) is 5.10 Å². The lowest BCUT2D eigenvalue weighted by atomic mass is 10.4. The summed E-state index contributed by atoms with van der Waals surface area (Å²) in [6.07, 6.45) is 0.0710. The van der Waals surface area contributed by atoms with E-state index >= 15 is 0 Å². The molecule has 0 saturated heterocycles. The molecule has 1 aliphatic heterocycles. The molecule has 2 rings (SSSR count). The van der Waals surface area contributed by atoms with E-state index in [0.29, 0.717) is 17.5 Å². The summed E-state index contributed by atoms with van der Waals surface area (Å²) in [5.41, 5.74) is 5.79. The van der Waals surface area contributed by atoms with Crippen LogP contribution in [0, 0.1) is 0 Å². The van der Waals surface area contributed by atoms with Gasteiger partial charge in [0, 0.05) is 6.54 Å². The van der Waals surface area contributed by atoms with Gasteiger partial charge in [-0.05, 0) is 25.9 Å². The number of hydrogen-bond donors (Lipinski definition) is 2. The quantitative estimate of drug-likeness (QED) is 0.775. The van der Waals surface area contributed by atoms with Crippen LogP contribution in [0.4, 0.5) is 0 Å². The number of aromatic nitrogens is 1. The monoisotopic (exact) mass is 225 g/mol. The van der Waals surface area contributed by atoms with Crippen LogP contribution >= 0.6 is 0 Å². The Labute approximate surface area is 93.4 Å². The van der Waals surface area contributed by atoms with Crippen molar-refractivity contribution in [2.75, 3.05) is 6.54 Å². The zero-order chi connectivity index (χ0) is 11.5. The van der Waals surface area contributed by atoms with Crippen molar-refractivity contribution >= 4 is 5.84 Å². The van der Waals surface area contributed by atoms with E-state index in [9.17, 15) is 0 Å². The minimum Gasteiger partial charge on any atom is -0.473 e. The van der Waals surface area contributed by atoms with Crippen molar-refractivity contribution in [3.63, 3.8) is 0 Å². The molecule has 0 spiro atoms. The molecule has 0 fully saturated rings. The number of rotatable bonds is 4. The Morgan fingerprint density at radius 3 is 3.00 bits per heavy atom. The van der Waals surface area contributed by atoms with Crippen LogP contribution in [0.1, 0.15) is 26.5 Å². The lowest BCUT2D eigenvalue weighted by Crippen LogP contribution is -2.41. The van der Waals surface area contributed by atoms with Gasteiger partial charge in [0.1, 0.15) is 0 Å². The van der Waals surface area contributed by atoms with E-state index < -0.39 is 0 Å². The molecule has 1 aromatic rings. The van der Waals surface area contributed by atoms with Crippen LogP contribution in [0.5, 0.6) is 5.88 Å². The Hall–Kier alpha value is -1.76. The lowest BCUT2D eigenvalue weighted by molar-refractivity contribution is 0.190. The molecule has 7 heteroatoms. The average Bonchev–Trinajstić information content (AvgIpc) is 2.83. The number of ether oxygens (including phenoxy) is 1. The largest absolute Gasteiger partial charge is 0.473 e. The van der Waals surface area contributed by atoms with Gasteiger partial charge in [0.05, 0.1) is 12.2 Å². The Balaban J connectivity index is 2.03. The van der Waals surface area contributed by atoms with Crippen LogP contribution < -0.4 is 15.7 Å². The fraction of sp³-hybridized carbons (Fsp3) is 0.556. The van der Waals surface area contributed by atoms with Crippen molar-refractivity contribution in [1.29, 1.82) is 0 Å². The summed E-state index contributed by atoms with van der Waals surface area (Å²) in [5, 5.41) is 9.55. The molecule has 2 N–H and O–H groups in total. The van der Waals surface area contributed by atoms with E-state index in [-0.39, 0.29) is 6.10 Å². The number of nitrogens with zero attached hydrogens (tertiary/aromatic N) is 3. The zero-order valence-corrected chi connectivity index (χ0v) is 9.52. The molecule has 16 heavy (non-hydrogen) atoms. The first-order valence-corrected chi connectivity index (χ1v) is 5.20. The lowest BCUT2D eigenvalue weighted by Gasteiger charge is -2.10. The van der Waals surface area contributed by atoms with Gasteiger partial charge in [0.25, 0.3) is 5.88 Å². The molecule has 0 aliphatic carbocycles. The topological polar surface area (TPSA) is 74.9 Å². The van der Waals surface area contributed by atoms with Crippen LogP contribution in [0.3, 0.4) is 0 Å². The van der Waals surface area contributed by atoms with E-state index in [1.807, 2.05) is 20.8 Å². The summed E-state index contributed by atoms with van der Waals surface area (Å²) in [6.45, 7) is 6.63. The molecule has 0 radical (unpaired) electrons. The van der Waals surface area contributed by atoms with Crippen LogP contribution in [0.15, 0.2) is 15.7 Å². The fourth-order valence-corrected chi connectivity index (χ4v) is 1.22. The zero-order valence-electron chi connectivity index (χ0n) is 9.52. The maximum absolute atomic E-state index is 5.39. The third-order valence-electron chi connectivity index (χ3n) is 1.92. The minimum atomic E-state index is 0.0710. The van der Waals surface area contributed by atoms with Gasteiger partial charge in [0.15, 0.2) is 0 Å². The number of amidine groups is 1. The van der Waals surface area contributed by atoms with Gasteiger partial charge in [-0.15, -0.1) is 10.2 Å². The number of hydrazone groups is 1. The third-order valence-corrected chi connectivity index (χ3v) is 1.92. The molecular formula is C9H15N5O2. The first-order valence-electron chi connectivity index (χ1n) is 5.20. The highest BCUT2D eigenvalue weighted by Crippen LogP contribution is 2.14. The molecule has 0 saturated carbocycles. The van der Waals surface area contributed by atoms with Crippen molar-refractivity contribution in [3.05, 3.63) is 11.8 Å². The SMILES string of the molecule is CCN1NN=C(c2cc(OC(C)C)no2)N1. The number of nitrogens with one attached hydrogen (secondary N) is 2. The molecule has 1 aliphatic rings. The molecular weight excluding hydrogens is 210 g/mol. The predicted molar refractivity (Wildman–Crippen MR) is 57.5 cm³/mol. The van der Waals surface area contributed by atoms with Crippen molar-refractivity contribution in [2.45, 2.75) is 26.9 Å². The molecule has 88 valence electrons. The smallest absolute Gasteiger partial charge is 0.255 e. The van der Waals surface area contributed by atoms with Crippen molar-refractivity contribution in [3.8, 4) is 5.88 Å². The number of hydrogen-bond acceptors (Lipinski definition) is 7. The first kappa shape index (κ1) is 10.7. The number of hydrazine groups is 2. The van der Waals surface area contributed by atoms with Crippen LogP contribution in [-0.2, 0) is 0 Å². The van der Waals surface area contributed by atoms with Gasteiger partial charge < -0.3 is 9.26 Å².